The lowest BCUT2D eigenvalue weighted by atomic mass is 9.83. The summed E-state index contributed by atoms with van der Waals surface area (Å²) < 4.78 is 16.3. The molecule has 1 saturated carbocycles. The number of fused-ring (bicyclic) bond motifs is 1. The quantitative estimate of drug-likeness (QED) is 0.178. The first-order valence-electron chi connectivity index (χ1n) is 13.7. The number of amidine groups is 1. The van der Waals surface area contributed by atoms with Gasteiger partial charge in [0.05, 0.1) is 0 Å². The highest BCUT2D eigenvalue weighted by molar-refractivity contribution is 6.06. The largest absolute Gasteiger partial charge is 0.460 e. The van der Waals surface area contributed by atoms with Gasteiger partial charge in [0.25, 0.3) is 5.91 Å². The Morgan fingerprint density at radius 2 is 1.73 bits per heavy atom. The van der Waals surface area contributed by atoms with Crippen LogP contribution in [0.2, 0.25) is 0 Å². The fraction of sp³-hybridized carbons (Fsp3) is 0.419. The molecule has 0 saturated heterocycles. The van der Waals surface area contributed by atoms with Crippen LogP contribution < -0.4 is 10.6 Å². The third-order valence-electron chi connectivity index (χ3n) is 6.83. The minimum Gasteiger partial charge on any atom is -0.460 e. The highest BCUT2D eigenvalue weighted by atomic mass is 16.6. The fourth-order valence-corrected chi connectivity index (χ4v) is 4.81. The minimum atomic E-state index is -0.722. The van der Waals surface area contributed by atoms with E-state index < -0.39 is 11.7 Å². The van der Waals surface area contributed by atoms with Gasteiger partial charge in [0.1, 0.15) is 23.6 Å². The summed E-state index contributed by atoms with van der Waals surface area (Å²) in [5, 5.41) is 14.4. The number of rotatable bonds is 8. The Morgan fingerprint density at radius 3 is 2.42 bits per heavy atom. The molecule has 0 unspecified atom stereocenters. The number of hydrogen-bond donors (Lipinski definition) is 3. The van der Waals surface area contributed by atoms with E-state index in [-0.39, 0.29) is 36.1 Å². The summed E-state index contributed by atoms with van der Waals surface area (Å²) in [6, 6.07) is 16.0. The molecule has 0 aliphatic heterocycles. The van der Waals surface area contributed by atoms with Gasteiger partial charge in [-0.1, -0.05) is 30.3 Å². The molecular formula is C31H37N3O6. The standard InChI is InChI=1S/C31H37N3O6/c1-31(2,3)40-27(35)16-11-20-9-13-24(14-10-20)33-29(36)26-18-23-17-22(12-15-25(23)39-26)28(32)34-30(37)38-19-21-7-5-4-6-8-21/h4-8,12,15,17-18,20,24H,9-11,13-14,16,19H2,1-3H3,(H,33,36)(H2,32,34,37)/t20-,24-. The summed E-state index contributed by atoms with van der Waals surface area (Å²) in [6.45, 7) is 5.71. The first-order chi connectivity index (χ1) is 19.1. The van der Waals surface area contributed by atoms with Gasteiger partial charge in [-0.05, 0) is 88.6 Å². The van der Waals surface area contributed by atoms with Crippen LogP contribution in [0, 0.1) is 11.3 Å². The Kier molecular flexibility index (Phi) is 9.24. The normalized spacial score (nSPS) is 17.2. The number of furan rings is 1. The van der Waals surface area contributed by atoms with Gasteiger partial charge in [0.15, 0.2) is 5.76 Å². The zero-order valence-corrected chi connectivity index (χ0v) is 23.3. The molecule has 9 nitrogen and oxygen atoms in total. The number of ether oxygens (including phenoxy) is 2. The van der Waals surface area contributed by atoms with E-state index in [9.17, 15) is 14.4 Å². The number of carbonyl (C=O) groups is 3. The molecule has 4 rings (SSSR count). The lowest BCUT2D eigenvalue weighted by molar-refractivity contribution is -0.155. The SMILES string of the molecule is CC(C)(C)OC(=O)CC[C@H]1CC[C@H](NC(=O)c2cc3cc(C(=N)NC(=O)OCc4ccccc4)ccc3o2)CC1. The third-order valence-corrected chi connectivity index (χ3v) is 6.83. The van der Waals surface area contributed by atoms with Crippen molar-refractivity contribution in [2.75, 3.05) is 0 Å². The van der Waals surface area contributed by atoms with Gasteiger partial charge in [-0.15, -0.1) is 0 Å². The molecule has 0 bridgehead atoms. The van der Waals surface area contributed by atoms with Crippen molar-refractivity contribution in [3.05, 3.63) is 71.5 Å². The first-order valence-corrected chi connectivity index (χ1v) is 13.7. The molecule has 3 aromatic rings. The van der Waals surface area contributed by atoms with E-state index in [0.717, 1.165) is 37.7 Å². The maximum absolute atomic E-state index is 12.9. The summed E-state index contributed by atoms with van der Waals surface area (Å²) in [4.78, 5) is 37.0. The van der Waals surface area contributed by atoms with Crippen LogP contribution in [0.5, 0.6) is 0 Å². The summed E-state index contributed by atoms with van der Waals surface area (Å²) in [7, 11) is 0. The number of nitrogens with one attached hydrogen (secondary N) is 3. The molecule has 2 aromatic carbocycles. The zero-order valence-electron chi connectivity index (χ0n) is 23.3. The molecule has 1 aromatic heterocycles. The molecule has 1 aliphatic rings. The van der Waals surface area contributed by atoms with Crippen molar-refractivity contribution in [3.63, 3.8) is 0 Å². The van der Waals surface area contributed by atoms with E-state index in [1.54, 1.807) is 24.3 Å². The second-order valence-electron chi connectivity index (χ2n) is 11.2. The van der Waals surface area contributed by atoms with Gasteiger partial charge in [0, 0.05) is 23.4 Å². The van der Waals surface area contributed by atoms with E-state index in [0.29, 0.717) is 28.9 Å². The van der Waals surface area contributed by atoms with Crippen LogP contribution in [0.25, 0.3) is 11.0 Å². The molecule has 0 radical (unpaired) electrons. The van der Waals surface area contributed by atoms with Crippen molar-refractivity contribution < 1.29 is 28.3 Å². The molecule has 3 N–H and O–H groups in total. The summed E-state index contributed by atoms with van der Waals surface area (Å²) in [6.07, 6.45) is 4.08. The van der Waals surface area contributed by atoms with Crippen LogP contribution in [0.1, 0.15) is 81.0 Å². The second kappa shape index (κ2) is 12.8. The molecule has 1 aliphatic carbocycles. The van der Waals surface area contributed by atoms with Crippen molar-refractivity contribution in [2.24, 2.45) is 5.92 Å². The molecule has 40 heavy (non-hydrogen) atoms. The number of amides is 2. The predicted molar refractivity (Wildman–Crippen MR) is 151 cm³/mol. The average Bonchev–Trinajstić information content (AvgIpc) is 3.35. The fourth-order valence-electron chi connectivity index (χ4n) is 4.81. The van der Waals surface area contributed by atoms with Crippen LogP contribution in [0.15, 0.2) is 59.0 Å². The Morgan fingerprint density at radius 1 is 1.00 bits per heavy atom. The third kappa shape index (κ3) is 8.43. The van der Waals surface area contributed by atoms with E-state index in [1.165, 1.54) is 0 Å². The van der Waals surface area contributed by atoms with Crippen molar-refractivity contribution in [1.29, 1.82) is 5.41 Å². The van der Waals surface area contributed by atoms with Crippen molar-refractivity contribution in [3.8, 4) is 0 Å². The van der Waals surface area contributed by atoms with Gasteiger partial charge >= 0.3 is 12.1 Å². The topological polar surface area (TPSA) is 131 Å². The zero-order chi connectivity index (χ0) is 28.7. The van der Waals surface area contributed by atoms with Gasteiger partial charge in [-0.2, -0.15) is 0 Å². The molecule has 0 atom stereocenters. The second-order valence-corrected chi connectivity index (χ2v) is 11.2. The lowest BCUT2D eigenvalue weighted by Crippen LogP contribution is -2.37. The Labute approximate surface area is 234 Å². The molecule has 0 spiro atoms. The van der Waals surface area contributed by atoms with Crippen LogP contribution in [-0.4, -0.2) is 35.4 Å². The number of carbonyl (C=O) groups excluding carboxylic acids is 3. The number of alkyl carbamates (subject to hydrolysis) is 1. The monoisotopic (exact) mass is 547 g/mol. The van der Waals surface area contributed by atoms with Gasteiger partial charge in [-0.25, -0.2) is 4.79 Å². The Balaban J connectivity index is 1.24. The van der Waals surface area contributed by atoms with E-state index in [1.807, 2.05) is 51.1 Å². The number of benzene rings is 2. The predicted octanol–water partition coefficient (Wildman–Crippen LogP) is 6.10. The summed E-state index contributed by atoms with van der Waals surface area (Å²) >= 11 is 0. The molecular weight excluding hydrogens is 510 g/mol. The molecule has 1 fully saturated rings. The summed E-state index contributed by atoms with van der Waals surface area (Å²) in [5.74, 6) is 0.0823. The van der Waals surface area contributed by atoms with Crippen molar-refractivity contribution in [1.82, 2.24) is 10.6 Å². The molecule has 1 heterocycles. The minimum absolute atomic E-state index is 0.0494. The molecule has 2 amide bonds. The van der Waals surface area contributed by atoms with Gasteiger partial charge in [0.2, 0.25) is 0 Å². The van der Waals surface area contributed by atoms with Gasteiger partial charge in [-0.3, -0.25) is 20.3 Å². The van der Waals surface area contributed by atoms with Crippen LogP contribution in [0.4, 0.5) is 4.79 Å². The van der Waals surface area contributed by atoms with Crippen molar-refractivity contribution in [2.45, 2.75) is 77.5 Å². The molecule has 9 heteroatoms. The average molecular weight is 548 g/mol. The maximum Gasteiger partial charge on any atom is 0.413 e. The maximum atomic E-state index is 12.9. The lowest BCUT2D eigenvalue weighted by Gasteiger charge is -2.29. The van der Waals surface area contributed by atoms with E-state index in [2.05, 4.69) is 10.6 Å². The van der Waals surface area contributed by atoms with Crippen LogP contribution >= 0.6 is 0 Å². The highest BCUT2D eigenvalue weighted by Crippen LogP contribution is 2.29. The van der Waals surface area contributed by atoms with Crippen molar-refractivity contribution >= 4 is 34.8 Å². The van der Waals surface area contributed by atoms with E-state index >= 15 is 0 Å². The molecule has 212 valence electrons. The smallest absolute Gasteiger partial charge is 0.413 e. The number of esters is 1. The summed E-state index contributed by atoms with van der Waals surface area (Å²) in [5.41, 5.74) is 1.36. The highest BCUT2D eigenvalue weighted by Gasteiger charge is 2.25. The van der Waals surface area contributed by atoms with Crippen LogP contribution in [-0.2, 0) is 20.9 Å². The first kappa shape index (κ1) is 28.9. The van der Waals surface area contributed by atoms with Gasteiger partial charge < -0.3 is 19.2 Å². The Bertz CT molecular complexity index is 1350. The van der Waals surface area contributed by atoms with E-state index in [4.69, 9.17) is 19.3 Å². The Hall–Kier alpha value is -4.14. The number of hydrogen-bond acceptors (Lipinski definition) is 7. The van der Waals surface area contributed by atoms with Crippen LogP contribution in [0.3, 0.4) is 0 Å².